The molecule has 0 saturated heterocycles. The number of carbonyl (C=O) groups excluding carboxylic acids is 2. The molecule has 3 rings (SSSR count). The normalized spacial score (nSPS) is 12.5. The zero-order valence-electron chi connectivity index (χ0n) is 21.0. The van der Waals surface area contributed by atoms with Crippen molar-refractivity contribution in [3.63, 3.8) is 0 Å². The minimum absolute atomic E-state index is 0.00390. The molecule has 3 aromatic carbocycles. The van der Waals surface area contributed by atoms with Crippen LogP contribution in [0.2, 0.25) is 5.02 Å². The first kappa shape index (κ1) is 27.8. The molecule has 0 aliphatic carbocycles. The van der Waals surface area contributed by atoms with E-state index in [9.17, 15) is 9.59 Å². The van der Waals surface area contributed by atoms with E-state index >= 15 is 0 Å². The van der Waals surface area contributed by atoms with Crippen LogP contribution in [0.4, 0.5) is 0 Å². The van der Waals surface area contributed by atoms with E-state index in [2.05, 4.69) is 5.32 Å². The minimum Gasteiger partial charge on any atom is -0.352 e. The van der Waals surface area contributed by atoms with Crippen LogP contribution in [0.3, 0.4) is 0 Å². The van der Waals surface area contributed by atoms with E-state index in [0.717, 1.165) is 34.6 Å². The van der Waals surface area contributed by atoms with Gasteiger partial charge in [0.1, 0.15) is 6.04 Å². The molecular weight excluding hydrogens is 488 g/mol. The highest BCUT2D eigenvalue weighted by Crippen LogP contribution is 2.22. The minimum atomic E-state index is -0.585. The molecule has 1 N–H and O–H groups in total. The molecule has 0 saturated carbocycles. The van der Waals surface area contributed by atoms with Crippen molar-refractivity contribution in [3.05, 3.63) is 101 Å². The third kappa shape index (κ3) is 9.03. The first-order chi connectivity index (χ1) is 17.5. The lowest BCUT2D eigenvalue weighted by Crippen LogP contribution is -2.52. The molecule has 0 aromatic heterocycles. The number of hydrogen-bond donors (Lipinski definition) is 1. The van der Waals surface area contributed by atoms with Gasteiger partial charge in [0.2, 0.25) is 11.8 Å². The Morgan fingerprint density at radius 1 is 0.917 bits per heavy atom. The lowest BCUT2D eigenvalue weighted by molar-refractivity contribution is -0.141. The Kier molecular flexibility index (Phi) is 11.4. The standard InChI is InChI=1S/C30H35ClN2O2S/c1-3-23(2)32-30(35)28(21-24-11-6-4-7-12-24)33(22-25-13-8-5-9-14-25)29(34)15-10-20-36-27-18-16-26(31)17-19-27/h4-9,11-14,16-19,23,28H,3,10,15,20-22H2,1-2H3,(H,32,35)/t23-,28+/m0/s1. The molecule has 3 aromatic rings. The van der Waals surface area contributed by atoms with Gasteiger partial charge in [-0.1, -0.05) is 79.2 Å². The van der Waals surface area contributed by atoms with Crippen LogP contribution in [-0.2, 0) is 22.6 Å². The van der Waals surface area contributed by atoms with Crippen molar-refractivity contribution in [1.82, 2.24) is 10.2 Å². The summed E-state index contributed by atoms with van der Waals surface area (Å²) in [6, 6.07) is 27.0. The van der Waals surface area contributed by atoms with Crippen molar-refractivity contribution in [1.29, 1.82) is 0 Å². The van der Waals surface area contributed by atoms with Crippen LogP contribution in [-0.4, -0.2) is 34.6 Å². The summed E-state index contributed by atoms with van der Waals surface area (Å²) in [5.41, 5.74) is 2.04. The Morgan fingerprint density at radius 3 is 2.14 bits per heavy atom. The molecule has 6 heteroatoms. The smallest absolute Gasteiger partial charge is 0.243 e. The number of nitrogens with one attached hydrogen (secondary N) is 1. The molecule has 0 aliphatic heterocycles. The van der Waals surface area contributed by atoms with Crippen molar-refractivity contribution in [3.8, 4) is 0 Å². The van der Waals surface area contributed by atoms with E-state index in [0.29, 0.717) is 24.4 Å². The number of thioether (sulfide) groups is 1. The molecule has 0 bridgehead atoms. The average molecular weight is 523 g/mol. The maximum atomic E-state index is 13.6. The van der Waals surface area contributed by atoms with Crippen molar-refractivity contribution < 1.29 is 9.59 Å². The van der Waals surface area contributed by atoms with E-state index < -0.39 is 6.04 Å². The van der Waals surface area contributed by atoms with Crippen molar-refractivity contribution in [2.75, 3.05) is 5.75 Å². The Hall–Kier alpha value is -2.76. The van der Waals surface area contributed by atoms with Gasteiger partial charge in [-0.2, -0.15) is 0 Å². The monoisotopic (exact) mass is 522 g/mol. The van der Waals surface area contributed by atoms with Gasteiger partial charge in [0.05, 0.1) is 0 Å². The van der Waals surface area contributed by atoms with Crippen LogP contribution >= 0.6 is 23.4 Å². The highest BCUT2D eigenvalue weighted by molar-refractivity contribution is 7.99. The van der Waals surface area contributed by atoms with Crippen LogP contribution in [0.25, 0.3) is 0 Å². The Morgan fingerprint density at radius 2 is 1.53 bits per heavy atom. The first-order valence-electron chi connectivity index (χ1n) is 12.5. The predicted molar refractivity (Wildman–Crippen MR) is 150 cm³/mol. The summed E-state index contributed by atoms with van der Waals surface area (Å²) in [7, 11) is 0. The van der Waals surface area contributed by atoms with Crippen LogP contribution in [0, 0.1) is 0 Å². The van der Waals surface area contributed by atoms with Crippen molar-refractivity contribution in [2.24, 2.45) is 0 Å². The van der Waals surface area contributed by atoms with E-state index in [1.807, 2.05) is 98.8 Å². The van der Waals surface area contributed by atoms with E-state index in [-0.39, 0.29) is 17.9 Å². The van der Waals surface area contributed by atoms with Crippen LogP contribution in [0.5, 0.6) is 0 Å². The topological polar surface area (TPSA) is 49.4 Å². The fourth-order valence-electron chi connectivity index (χ4n) is 3.86. The number of halogens is 1. The molecule has 4 nitrogen and oxygen atoms in total. The van der Waals surface area contributed by atoms with Gasteiger partial charge in [0.15, 0.2) is 0 Å². The molecule has 0 fully saturated rings. The average Bonchev–Trinajstić information content (AvgIpc) is 2.90. The number of carbonyl (C=O) groups is 2. The molecule has 0 unspecified atom stereocenters. The molecule has 36 heavy (non-hydrogen) atoms. The maximum Gasteiger partial charge on any atom is 0.243 e. The predicted octanol–water partition coefficient (Wildman–Crippen LogP) is 6.77. The summed E-state index contributed by atoms with van der Waals surface area (Å²) < 4.78 is 0. The number of benzene rings is 3. The van der Waals surface area contributed by atoms with Gasteiger partial charge in [-0.15, -0.1) is 11.8 Å². The first-order valence-corrected chi connectivity index (χ1v) is 13.9. The van der Waals surface area contributed by atoms with Gasteiger partial charge in [0.25, 0.3) is 0 Å². The highest BCUT2D eigenvalue weighted by Gasteiger charge is 2.30. The third-order valence-electron chi connectivity index (χ3n) is 6.09. The molecule has 0 radical (unpaired) electrons. The Bertz CT molecular complexity index is 1080. The summed E-state index contributed by atoms with van der Waals surface area (Å²) in [4.78, 5) is 30.0. The number of rotatable bonds is 13. The second kappa shape index (κ2) is 14.7. The molecular formula is C30H35ClN2O2S. The van der Waals surface area contributed by atoms with Gasteiger partial charge < -0.3 is 10.2 Å². The largest absolute Gasteiger partial charge is 0.352 e. The fraction of sp³-hybridized carbons (Fsp3) is 0.333. The SMILES string of the molecule is CC[C@H](C)NC(=O)[C@@H](Cc1ccccc1)N(Cc1ccccc1)C(=O)CCCSc1ccc(Cl)cc1. The second-order valence-electron chi connectivity index (χ2n) is 8.94. The van der Waals surface area contributed by atoms with Gasteiger partial charge >= 0.3 is 0 Å². The lowest BCUT2D eigenvalue weighted by Gasteiger charge is -2.32. The quantitative estimate of drug-likeness (QED) is 0.199. The Labute approximate surface area is 224 Å². The highest BCUT2D eigenvalue weighted by atomic mass is 35.5. The van der Waals surface area contributed by atoms with Gasteiger partial charge in [-0.05, 0) is 60.9 Å². The van der Waals surface area contributed by atoms with Crippen molar-refractivity contribution in [2.45, 2.75) is 63.1 Å². The van der Waals surface area contributed by atoms with Crippen LogP contribution in [0.1, 0.15) is 44.2 Å². The van der Waals surface area contributed by atoms with Gasteiger partial charge in [-0.3, -0.25) is 9.59 Å². The summed E-state index contributed by atoms with van der Waals surface area (Å²) in [6.07, 6.45) is 2.41. The number of hydrogen-bond acceptors (Lipinski definition) is 3. The summed E-state index contributed by atoms with van der Waals surface area (Å²) in [6.45, 7) is 4.44. The number of amides is 2. The molecule has 2 amide bonds. The molecule has 0 heterocycles. The third-order valence-corrected chi connectivity index (χ3v) is 7.44. The summed E-state index contributed by atoms with van der Waals surface area (Å²) >= 11 is 7.68. The van der Waals surface area contributed by atoms with E-state index in [1.165, 1.54) is 0 Å². The molecule has 0 spiro atoms. The van der Waals surface area contributed by atoms with Crippen LogP contribution in [0.15, 0.2) is 89.8 Å². The van der Waals surface area contributed by atoms with Gasteiger partial charge in [-0.25, -0.2) is 0 Å². The summed E-state index contributed by atoms with van der Waals surface area (Å²) in [5, 5.41) is 3.83. The van der Waals surface area contributed by atoms with E-state index in [1.54, 1.807) is 16.7 Å². The lowest BCUT2D eigenvalue weighted by atomic mass is 10.0. The number of nitrogens with zero attached hydrogens (tertiary/aromatic N) is 1. The van der Waals surface area contributed by atoms with Gasteiger partial charge in [0, 0.05) is 35.3 Å². The Balaban J connectivity index is 1.76. The second-order valence-corrected chi connectivity index (χ2v) is 10.5. The maximum absolute atomic E-state index is 13.6. The van der Waals surface area contributed by atoms with E-state index in [4.69, 9.17) is 11.6 Å². The molecule has 0 aliphatic rings. The zero-order valence-corrected chi connectivity index (χ0v) is 22.6. The summed E-state index contributed by atoms with van der Waals surface area (Å²) in [5.74, 6) is 0.707. The zero-order chi connectivity index (χ0) is 25.8. The fourth-order valence-corrected chi connectivity index (χ4v) is 4.84. The van der Waals surface area contributed by atoms with Crippen LogP contribution < -0.4 is 5.32 Å². The molecule has 190 valence electrons. The van der Waals surface area contributed by atoms with Crippen molar-refractivity contribution >= 4 is 35.2 Å². The molecule has 2 atom stereocenters.